The molecule has 2 aromatic rings. The topological polar surface area (TPSA) is 21.3 Å². The van der Waals surface area contributed by atoms with Gasteiger partial charge in [-0.15, -0.1) is 0 Å². The fourth-order valence-corrected chi connectivity index (χ4v) is 2.31. The molecule has 0 saturated heterocycles. The van der Waals surface area contributed by atoms with Crippen molar-refractivity contribution in [1.29, 1.82) is 0 Å². The number of nitrogens with one attached hydrogen (secondary N) is 1. The van der Waals surface area contributed by atoms with Crippen molar-refractivity contribution in [1.82, 2.24) is 5.32 Å². The van der Waals surface area contributed by atoms with Crippen LogP contribution in [0.4, 0.5) is 8.78 Å². The highest BCUT2D eigenvalue weighted by Crippen LogP contribution is 2.23. The first-order chi connectivity index (χ1) is 10.1. The van der Waals surface area contributed by atoms with Gasteiger partial charge in [0.15, 0.2) is 0 Å². The van der Waals surface area contributed by atoms with Gasteiger partial charge in [0.05, 0.1) is 7.11 Å². The minimum Gasteiger partial charge on any atom is -0.497 e. The average Bonchev–Trinajstić information content (AvgIpc) is 2.50. The van der Waals surface area contributed by atoms with Crippen LogP contribution in [-0.4, -0.2) is 13.7 Å². The lowest BCUT2D eigenvalue weighted by molar-refractivity contribution is 0.414. The van der Waals surface area contributed by atoms with Crippen LogP contribution in [0.1, 0.15) is 24.1 Å². The van der Waals surface area contributed by atoms with Crippen LogP contribution < -0.4 is 10.1 Å². The van der Waals surface area contributed by atoms with Crippen molar-refractivity contribution in [2.45, 2.75) is 19.4 Å². The summed E-state index contributed by atoms with van der Waals surface area (Å²) < 4.78 is 32.2. The van der Waals surface area contributed by atoms with Crippen molar-refractivity contribution < 1.29 is 13.5 Å². The third-order valence-electron chi connectivity index (χ3n) is 3.40. The Bertz CT molecular complexity index is 584. The molecule has 2 rings (SSSR count). The quantitative estimate of drug-likeness (QED) is 0.872. The molecule has 2 nitrogen and oxygen atoms in total. The summed E-state index contributed by atoms with van der Waals surface area (Å²) in [4.78, 5) is 0. The molecule has 0 fully saturated rings. The molecular formula is C17H19F2NO. The van der Waals surface area contributed by atoms with E-state index in [4.69, 9.17) is 4.74 Å². The van der Waals surface area contributed by atoms with E-state index < -0.39 is 5.82 Å². The number of hydrogen-bond donors (Lipinski definition) is 1. The number of likely N-dealkylation sites (N-methyl/N-ethyl adjacent to an activating group) is 1. The molecule has 21 heavy (non-hydrogen) atoms. The van der Waals surface area contributed by atoms with Crippen LogP contribution >= 0.6 is 0 Å². The molecule has 1 N–H and O–H groups in total. The van der Waals surface area contributed by atoms with Gasteiger partial charge >= 0.3 is 0 Å². The van der Waals surface area contributed by atoms with Gasteiger partial charge in [0.1, 0.15) is 17.4 Å². The van der Waals surface area contributed by atoms with Crippen molar-refractivity contribution in [2.24, 2.45) is 0 Å². The monoisotopic (exact) mass is 291 g/mol. The molecule has 4 heteroatoms. The molecule has 0 saturated carbocycles. The summed E-state index contributed by atoms with van der Waals surface area (Å²) in [5, 5.41) is 3.30. The first-order valence-electron chi connectivity index (χ1n) is 6.95. The molecule has 1 unspecified atom stereocenters. The Hall–Kier alpha value is -1.94. The van der Waals surface area contributed by atoms with Crippen molar-refractivity contribution >= 4 is 0 Å². The third kappa shape index (κ3) is 4.02. The number of halogens is 2. The number of hydrogen-bond acceptors (Lipinski definition) is 2. The van der Waals surface area contributed by atoms with E-state index in [0.717, 1.165) is 23.9 Å². The molecular weight excluding hydrogens is 272 g/mol. The second-order valence-electron chi connectivity index (χ2n) is 4.82. The molecule has 2 aromatic carbocycles. The van der Waals surface area contributed by atoms with Gasteiger partial charge in [-0.25, -0.2) is 8.78 Å². The minimum atomic E-state index is -0.420. The molecule has 0 aromatic heterocycles. The van der Waals surface area contributed by atoms with Gasteiger partial charge in [-0.05, 0) is 54.4 Å². The van der Waals surface area contributed by atoms with E-state index in [-0.39, 0.29) is 11.9 Å². The van der Waals surface area contributed by atoms with E-state index in [1.54, 1.807) is 7.11 Å². The maximum absolute atomic E-state index is 13.8. The van der Waals surface area contributed by atoms with Crippen molar-refractivity contribution in [3.05, 3.63) is 65.2 Å². The van der Waals surface area contributed by atoms with Gasteiger partial charge in [0, 0.05) is 6.04 Å². The van der Waals surface area contributed by atoms with Gasteiger partial charge in [-0.1, -0.05) is 19.1 Å². The second kappa shape index (κ2) is 7.18. The van der Waals surface area contributed by atoms with Crippen molar-refractivity contribution in [3.8, 4) is 5.75 Å². The summed E-state index contributed by atoms with van der Waals surface area (Å²) >= 11 is 0. The van der Waals surface area contributed by atoms with E-state index in [9.17, 15) is 8.78 Å². The van der Waals surface area contributed by atoms with Crippen LogP contribution in [-0.2, 0) is 6.42 Å². The summed E-state index contributed by atoms with van der Waals surface area (Å²) in [5.74, 6) is -0.0323. The Kier molecular flexibility index (Phi) is 5.28. The Labute approximate surface area is 123 Å². The molecule has 0 aliphatic carbocycles. The zero-order chi connectivity index (χ0) is 15.2. The molecule has 0 radical (unpaired) electrons. The molecule has 0 aliphatic heterocycles. The lowest BCUT2D eigenvalue weighted by atomic mass is 9.98. The summed E-state index contributed by atoms with van der Waals surface area (Å²) in [5.41, 5.74) is 1.39. The van der Waals surface area contributed by atoms with Crippen LogP contribution in [0.25, 0.3) is 0 Å². The Morgan fingerprint density at radius 1 is 1.10 bits per heavy atom. The zero-order valence-electron chi connectivity index (χ0n) is 12.2. The second-order valence-corrected chi connectivity index (χ2v) is 4.82. The van der Waals surface area contributed by atoms with E-state index in [2.05, 4.69) is 5.32 Å². The van der Waals surface area contributed by atoms with Crippen molar-refractivity contribution in [3.63, 3.8) is 0 Å². The Morgan fingerprint density at radius 2 is 1.81 bits per heavy atom. The normalized spacial score (nSPS) is 12.2. The molecule has 0 bridgehead atoms. The van der Waals surface area contributed by atoms with Gasteiger partial charge in [0.25, 0.3) is 0 Å². The molecule has 1 atom stereocenters. The predicted octanol–water partition coefficient (Wildman–Crippen LogP) is 3.87. The number of benzene rings is 2. The minimum absolute atomic E-state index is 0.0720. The SMILES string of the molecule is CCNC(Cc1cc(F)ccc1F)c1ccc(OC)cc1. The Balaban J connectivity index is 2.23. The van der Waals surface area contributed by atoms with E-state index in [1.807, 2.05) is 31.2 Å². The lowest BCUT2D eigenvalue weighted by Gasteiger charge is -2.19. The summed E-state index contributed by atoms with van der Waals surface area (Å²) in [6.07, 6.45) is 0.393. The standard InChI is InChI=1S/C17H19F2NO/c1-3-20-17(12-4-7-15(21-2)8-5-12)11-13-10-14(18)6-9-16(13)19/h4-10,17,20H,3,11H2,1-2H3. The van der Waals surface area contributed by atoms with E-state index in [0.29, 0.717) is 12.0 Å². The van der Waals surface area contributed by atoms with Gasteiger partial charge < -0.3 is 10.1 Å². The van der Waals surface area contributed by atoms with Crippen LogP contribution in [0.15, 0.2) is 42.5 Å². The van der Waals surface area contributed by atoms with Gasteiger partial charge in [-0.2, -0.15) is 0 Å². The molecule has 0 spiro atoms. The van der Waals surface area contributed by atoms with Crippen LogP contribution in [0.2, 0.25) is 0 Å². The number of ether oxygens (including phenoxy) is 1. The first-order valence-corrected chi connectivity index (χ1v) is 6.95. The fourth-order valence-electron chi connectivity index (χ4n) is 2.31. The first kappa shape index (κ1) is 15.4. The summed E-state index contributed by atoms with van der Waals surface area (Å²) in [7, 11) is 1.61. The molecule has 0 aliphatic rings. The van der Waals surface area contributed by atoms with Gasteiger partial charge in [0.2, 0.25) is 0 Å². The van der Waals surface area contributed by atoms with Crippen LogP contribution in [0.5, 0.6) is 5.75 Å². The Morgan fingerprint density at radius 3 is 2.43 bits per heavy atom. The number of methoxy groups -OCH3 is 1. The van der Waals surface area contributed by atoms with E-state index >= 15 is 0 Å². The smallest absolute Gasteiger partial charge is 0.126 e. The third-order valence-corrected chi connectivity index (χ3v) is 3.40. The predicted molar refractivity (Wildman–Crippen MR) is 79.5 cm³/mol. The van der Waals surface area contributed by atoms with Crippen LogP contribution in [0, 0.1) is 11.6 Å². The maximum atomic E-state index is 13.8. The van der Waals surface area contributed by atoms with Gasteiger partial charge in [-0.3, -0.25) is 0 Å². The van der Waals surface area contributed by atoms with E-state index in [1.165, 1.54) is 12.1 Å². The highest BCUT2D eigenvalue weighted by Gasteiger charge is 2.14. The van der Waals surface area contributed by atoms with Crippen LogP contribution in [0.3, 0.4) is 0 Å². The molecule has 112 valence electrons. The fraction of sp³-hybridized carbons (Fsp3) is 0.294. The maximum Gasteiger partial charge on any atom is 0.126 e. The largest absolute Gasteiger partial charge is 0.497 e. The summed E-state index contributed by atoms with van der Waals surface area (Å²) in [6.45, 7) is 2.73. The average molecular weight is 291 g/mol. The number of rotatable bonds is 6. The molecule has 0 heterocycles. The van der Waals surface area contributed by atoms with Crippen molar-refractivity contribution in [2.75, 3.05) is 13.7 Å². The highest BCUT2D eigenvalue weighted by atomic mass is 19.1. The lowest BCUT2D eigenvalue weighted by Crippen LogP contribution is -2.23. The highest BCUT2D eigenvalue weighted by molar-refractivity contribution is 5.31. The molecule has 0 amide bonds. The summed E-state index contributed by atoms with van der Waals surface area (Å²) in [6, 6.07) is 11.1. The zero-order valence-corrected chi connectivity index (χ0v) is 12.2.